The summed E-state index contributed by atoms with van der Waals surface area (Å²) >= 11 is 5.75. The molecule has 0 fully saturated rings. The molecule has 14 heteroatoms. The zero-order chi connectivity index (χ0) is 22.4. The van der Waals surface area contributed by atoms with E-state index in [2.05, 4.69) is 24.9 Å². The molecule has 0 unspecified atom stereocenters. The first-order chi connectivity index (χ1) is 14.0. The molecule has 0 aliphatic rings. The van der Waals surface area contributed by atoms with Gasteiger partial charge in [-0.25, -0.2) is 22.9 Å². The fraction of sp³-hybridized carbons (Fsp3) is 0.125. The minimum atomic E-state index is -5.08. The van der Waals surface area contributed by atoms with E-state index < -0.39 is 22.2 Å². The number of halogens is 4. The molecular formula is C16H13ClF3N5O4S. The molecule has 3 N–H and O–H groups in total. The van der Waals surface area contributed by atoms with Crippen LogP contribution in [-0.4, -0.2) is 45.8 Å². The number of alkyl halides is 3. The number of aromatic nitrogens is 4. The number of carbonyl (C=O) groups is 1. The summed E-state index contributed by atoms with van der Waals surface area (Å²) < 4.78 is 58.5. The Bertz CT molecular complexity index is 1090. The molecule has 0 saturated carbocycles. The van der Waals surface area contributed by atoms with E-state index in [0.717, 1.165) is 5.56 Å². The number of nitrogens with zero attached hydrogens (tertiary/aromatic N) is 3. The highest BCUT2D eigenvalue weighted by atomic mass is 35.5. The van der Waals surface area contributed by atoms with Crippen molar-refractivity contribution in [2.45, 2.75) is 17.6 Å². The molecule has 0 saturated heterocycles. The summed E-state index contributed by atoms with van der Waals surface area (Å²) in [6.07, 6.45) is -1.82. The number of hydrogen-bond donors (Lipinski definition) is 3. The lowest BCUT2D eigenvalue weighted by Crippen LogP contribution is -2.23. The Hall–Kier alpha value is -3.03. The molecular weight excluding hydrogens is 451 g/mol. The number of rotatable bonds is 5. The van der Waals surface area contributed by atoms with Crippen molar-refractivity contribution in [1.29, 1.82) is 0 Å². The lowest BCUT2D eigenvalue weighted by molar-refractivity contribution is -0.192. The Morgan fingerprint density at radius 3 is 2.23 bits per heavy atom. The third-order valence-electron chi connectivity index (χ3n) is 3.27. The number of carboxylic acid groups (broad SMARTS) is 1. The molecule has 0 atom stereocenters. The van der Waals surface area contributed by atoms with Gasteiger partial charge in [-0.1, -0.05) is 11.6 Å². The van der Waals surface area contributed by atoms with Gasteiger partial charge in [0, 0.05) is 23.0 Å². The van der Waals surface area contributed by atoms with Crippen LogP contribution < -0.4 is 4.72 Å². The van der Waals surface area contributed by atoms with Crippen molar-refractivity contribution in [2.24, 2.45) is 0 Å². The Morgan fingerprint density at radius 2 is 1.70 bits per heavy atom. The summed E-state index contributed by atoms with van der Waals surface area (Å²) in [4.78, 5) is 17.2. The van der Waals surface area contributed by atoms with Gasteiger partial charge in [-0.05, 0) is 36.4 Å². The molecule has 1 aromatic carbocycles. The number of H-pyrrole nitrogens is 1. The Labute approximate surface area is 173 Å². The van der Waals surface area contributed by atoms with E-state index in [1.165, 1.54) is 24.3 Å². The number of sulfonamides is 1. The third-order valence-corrected chi connectivity index (χ3v) is 4.94. The summed E-state index contributed by atoms with van der Waals surface area (Å²) in [5.74, 6) is -1.87. The average Bonchev–Trinajstić information content (AvgIpc) is 3.16. The smallest absolute Gasteiger partial charge is 0.475 e. The minimum absolute atomic E-state index is 0.00302. The summed E-state index contributed by atoms with van der Waals surface area (Å²) in [7, 11) is -3.64. The van der Waals surface area contributed by atoms with E-state index >= 15 is 0 Å². The number of nitrogens with one attached hydrogen (secondary N) is 2. The van der Waals surface area contributed by atoms with Gasteiger partial charge < -0.3 is 5.11 Å². The second kappa shape index (κ2) is 9.65. The van der Waals surface area contributed by atoms with Crippen molar-refractivity contribution in [3.8, 4) is 11.4 Å². The predicted octanol–water partition coefficient (Wildman–Crippen LogP) is 2.63. The predicted molar refractivity (Wildman–Crippen MR) is 98.8 cm³/mol. The highest BCUT2D eigenvalue weighted by molar-refractivity contribution is 7.89. The number of hydrogen-bond acceptors (Lipinski definition) is 6. The number of carboxylic acids is 1. The maximum atomic E-state index is 12.2. The molecule has 0 radical (unpaired) electrons. The standard InChI is InChI=1S/C14H12ClN5O2S.C2HF3O2/c15-11-1-3-12(4-2-11)23(21,22)17-9-13-18-14(20-19-13)10-5-7-16-8-6-10;3-2(4,5)1(6)7/h1-8,17H,9H2,(H,18,19,20);(H,6,7). The van der Waals surface area contributed by atoms with Gasteiger partial charge in [0.1, 0.15) is 5.82 Å². The number of aliphatic carboxylic acids is 1. The van der Waals surface area contributed by atoms with Crippen LogP contribution in [0.2, 0.25) is 5.02 Å². The average molecular weight is 464 g/mol. The quantitative estimate of drug-likeness (QED) is 0.528. The van der Waals surface area contributed by atoms with Crippen LogP contribution in [0.1, 0.15) is 5.82 Å². The van der Waals surface area contributed by atoms with Gasteiger partial charge in [-0.3, -0.25) is 10.1 Å². The van der Waals surface area contributed by atoms with Gasteiger partial charge in [0.25, 0.3) is 0 Å². The van der Waals surface area contributed by atoms with Crippen molar-refractivity contribution in [2.75, 3.05) is 0 Å². The Kier molecular flexibility index (Phi) is 7.48. The molecule has 0 bridgehead atoms. The van der Waals surface area contributed by atoms with Gasteiger partial charge in [0.2, 0.25) is 10.0 Å². The molecule has 0 aliphatic heterocycles. The summed E-state index contributed by atoms with van der Waals surface area (Å²) in [6.45, 7) is 0.00302. The van der Waals surface area contributed by atoms with E-state index in [0.29, 0.717) is 16.7 Å². The molecule has 160 valence electrons. The topological polar surface area (TPSA) is 138 Å². The highest BCUT2D eigenvalue weighted by Gasteiger charge is 2.38. The number of benzene rings is 1. The van der Waals surface area contributed by atoms with E-state index in [-0.39, 0.29) is 11.4 Å². The zero-order valence-corrected chi connectivity index (χ0v) is 16.3. The van der Waals surface area contributed by atoms with E-state index in [1.807, 2.05) is 0 Å². The van der Waals surface area contributed by atoms with Crippen LogP contribution in [0.25, 0.3) is 11.4 Å². The maximum absolute atomic E-state index is 12.2. The van der Waals surface area contributed by atoms with Crippen LogP contribution in [0.15, 0.2) is 53.7 Å². The van der Waals surface area contributed by atoms with Crippen LogP contribution in [-0.2, 0) is 21.4 Å². The normalized spacial score (nSPS) is 11.5. The van der Waals surface area contributed by atoms with Crippen LogP contribution in [0.4, 0.5) is 13.2 Å². The second-order valence-corrected chi connectivity index (χ2v) is 7.63. The van der Waals surface area contributed by atoms with Crippen LogP contribution in [0.5, 0.6) is 0 Å². The first-order valence-electron chi connectivity index (χ1n) is 7.86. The second-order valence-electron chi connectivity index (χ2n) is 5.42. The van der Waals surface area contributed by atoms with E-state index in [9.17, 15) is 21.6 Å². The van der Waals surface area contributed by atoms with Gasteiger partial charge in [-0.2, -0.15) is 18.3 Å². The van der Waals surface area contributed by atoms with Crippen LogP contribution >= 0.6 is 11.6 Å². The summed E-state index contributed by atoms with van der Waals surface area (Å²) in [6, 6.07) is 9.45. The van der Waals surface area contributed by atoms with Gasteiger partial charge >= 0.3 is 12.1 Å². The van der Waals surface area contributed by atoms with E-state index in [1.54, 1.807) is 24.5 Å². The fourth-order valence-corrected chi connectivity index (χ4v) is 2.98. The minimum Gasteiger partial charge on any atom is -0.475 e. The molecule has 3 aromatic rings. The van der Waals surface area contributed by atoms with Gasteiger partial charge in [0.15, 0.2) is 5.82 Å². The number of pyridine rings is 1. The largest absolute Gasteiger partial charge is 0.490 e. The Balaban J connectivity index is 0.000000396. The van der Waals surface area contributed by atoms with Crippen molar-refractivity contribution in [3.05, 3.63) is 59.6 Å². The monoisotopic (exact) mass is 463 g/mol. The molecule has 2 aromatic heterocycles. The van der Waals surface area contributed by atoms with Crippen molar-refractivity contribution in [1.82, 2.24) is 24.9 Å². The molecule has 0 spiro atoms. The maximum Gasteiger partial charge on any atom is 0.490 e. The highest BCUT2D eigenvalue weighted by Crippen LogP contribution is 2.15. The summed E-state index contributed by atoms with van der Waals surface area (Å²) in [5, 5.41) is 14.4. The zero-order valence-electron chi connectivity index (χ0n) is 14.8. The lowest BCUT2D eigenvalue weighted by atomic mass is 10.2. The van der Waals surface area contributed by atoms with Gasteiger partial charge in [0.05, 0.1) is 11.4 Å². The summed E-state index contributed by atoms with van der Waals surface area (Å²) in [5.41, 5.74) is 0.794. The molecule has 0 aliphatic carbocycles. The molecule has 2 heterocycles. The lowest BCUT2D eigenvalue weighted by Gasteiger charge is -2.04. The SMILES string of the molecule is O=C(O)C(F)(F)F.O=S(=O)(NCc1nc(-c2ccncc2)n[nH]1)c1ccc(Cl)cc1. The Morgan fingerprint density at radius 1 is 1.13 bits per heavy atom. The number of aromatic amines is 1. The van der Waals surface area contributed by atoms with Crippen LogP contribution in [0, 0.1) is 0 Å². The van der Waals surface area contributed by atoms with Gasteiger partial charge in [-0.15, -0.1) is 0 Å². The first kappa shape index (κ1) is 23.3. The fourth-order valence-electron chi connectivity index (χ4n) is 1.86. The van der Waals surface area contributed by atoms with E-state index in [4.69, 9.17) is 21.5 Å². The molecule has 9 nitrogen and oxygen atoms in total. The molecule has 0 amide bonds. The third kappa shape index (κ3) is 6.79. The van der Waals surface area contributed by atoms with Crippen molar-refractivity contribution in [3.63, 3.8) is 0 Å². The van der Waals surface area contributed by atoms with Crippen molar-refractivity contribution >= 4 is 27.6 Å². The molecule has 3 rings (SSSR count). The van der Waals surface area contributed by atoms with Crippen LogP contribution in [0.3, 0.4) is 0 Å². The van der Waals surface area contributed by atoms with Crippen molar-refractivity contribution < 1.29 is 31.5 Å². The first-order valence-corrected chi connectivity index (χ1v) is 9.72. The molecule has 30 heavy (non-hydrogen) atoms.